The number of carbonyl (C=O) groups excluding carboxylic acids is 1. The summed E-state index contributed by atoms with van der Waals surface area (Å²) in [6, 6.07) is 4.49. The third-order valence-corrected chi connectivity index (χ3v) is 5.39. The molecule has 4 rings (SSSR count). The van der Waals surface area contributed by atoms with Gasteiger partial charge >= 0.3 is 0 Å². The Labute approximate surface area is 161 Å². The van der Waals surface area contributed by atoms with Gasteiger partial charge in [-0.25, -0.2) is 14.4 Å². The first-order valence-corrected chi connectivity index (χ1v) is 9.23. The van der Waals surface area contributed by atoms with Gasteiger partial charge < -0.3 is 10.4 Å². The van der Waals surface area contributed by atoms with Crippen LogP contribution in [-0.2, 0) is 0 Å². The minimum atomic E-state index is -0.726. The fraction of sp³-hybridized carbons (Fsp3) is 0.400. The van der Waals surface area contributed by atoms with Crippen molar-refractivity contribution in [1.82, 2.24) is 25.1 Å². The van der Waals surface area contributed by atoms with E-state index in [1.165, 1.54) is 29.2 Å². The number of nitrogens with one attached hydrogen (secondary N) is 1. The van der Waals surface area contributed by atoms with Crippen LogP contribution in [-0.4, -0.2) is 42.4 Å². The summed E-state index contributed by atoms with van der Waals surface area (Å²) < 4.78 is 15.1. The van der Waals surface area contributed by atoms with E-state index in [2.05, 4.69) is 20.4 Å². The molecule has 0 atom stereocenters. The van der Waals surface area contributed by atoms with E-state index in [0.29, 0.717) is 11.1 Å². The Morgan fingerprint density at radius 3 is 2.61 bits per heavy atom. The third-order valence-electron chi connectivity index (χ3n) is 5.39. The van der Waals surface area contributed by atoms with Gasteiger partial charge in [-0.1, -0.05) is 0 Å². The lowest BCUT2D eigenvalue weighted by Crippen LogP contribution is -2.51. The molecule has 0 unspecified atom stereocenters. The van der Waals surface area contributed by atoms with Crippen LogP contribution < -0.4 is 5.32 Å². The second-order valence-corrected chi connectivity index (χ2v) is 7.92. The van der Waals surface area contributed by atoms with Gasteiger partial charge in [0, 0.05) is 29.9 Å². The van der Waals surface area contributed by atoms with Crippen LogP contribution in [0.15, 0.2) is 30.6 Å². The summed E-state index contributed by atoms with van der Waals surface area (Å²) in [6.45, 7) is 5.40. The van der Waals surface area contributed by atoms with Crippen LogP contribution in [0.3, 0.4) is 0 Å². The van der Waals surface area contributed by atoms with E-state index in [4.69, 9.17) is 0 Å². The number of fused-ring (bicyclic) bond motifs is 1. The van der Waals surface area contributed by atoms with E-state index in [1.54, 1.807) is 19.9 Å². The Bertz CT molecular complexity index is 1030. The summed E-state index contributed by atoms with van der Waals surface area (Å²) in [5, 5.41) is 18.1. The quantitative estimate of drug-likeness (QED) is 0.722. The molecule has 1 fully saturated rings. The zero-order valence-corrected chi connectivity index (χ0v) is 16.0. The largest absolute Gasteiger partial charge is 0.390 e. The minimum absolute atomic E-state index is 0.0456. The maximum absolute atomic E-state index is 13.6. The molecule has 1 saturated carbocycles. The van der Waals surface area contributed by atoms with E-state index >= 15 is 0 Å². The number of nitrogens with zero attached hydrogens (tertiary/aromatic N) is 4. The van der Waals surface area contributed by atoms with Crippen LogP contribution in [0.25, 0.3) is 16.9 Å². The highest BCUT2D eigenvalue weighted by Crippen LogP contribution is 2.36. The number of aliphatic hydroxyl groups is 1. The summed E-state index contributed by atoms with van der Waals surface area (Å²) >= 11 is 0. The number of halogens is 1. The van der Waals surface area contributed by atoms with E-state index < -0.39 is 5.60 Å². The zero-order chi connectivity index (χ0) is 20.1. The Balaban J connectivity index is 1.49. The van der Waals surface area contributed by atoms with Crippen molar-refractivity contribution in [2.24, 2.45) is 5.92 Å². The number of amides is 1. The summed E-state index contributed by atoms with van der Waals surface area (Å²) in [6.07, 6.45) is 4.37. The molecular formula is C20H22FN5O2. The van der Waals surface area contributed by atoms with E-state index in [1.807, 2.05) is 6.92 Å². The molecule has 0 aliphatic heterocycles. The summed E-state index contributed by atoms with van der Waals surface area (Å²) in [7, 11) is 0. The molecule has 2 heterocycles. The molecule has 146 valence electrons. The molecule has 0 saturated heterocycles. The number of hydrogen-bond donors (Lipinski definition) is 2. The van der Waals surface area contributed by atoms with Crippen molar-refractivity contribution in [1.29, 1.82) is 0 Å². The van der Waals surface area contributed by atoms with Gasteiger partial charge in [-0.3, -0.25) is 4.79 Å². The molecule has 2 aromatic heterocycles. The average Bonchev–Trinajstić information content (AvgIpc) is 2.92. The van der Waals surface area contributed by atoms with Crippen molar-refractivity contribution in [3.05, 3.63) is 47.7 Å². The van der Waals surface area contributed by atoms with Crippen molar-refractivity contribution in [3.8, 4) is 5.95 Å². The van der Waals surface area contributed by atoms with Gasteiger partial charge in [0.1, 0.15) is 5.82 Å². The SMILES string of the molecule is Cc1nn(-c2ncc(C(=O)NC3CC(C(C)(C)O)C3)cn2)c2cc(F)ccc12. The number of carbonyl (C=O) groups is 1. The average molecular weight is 383 g/mol. The number of rotatable bonds is 4. The van der Waals surface area contributed by atoms with Gasteiger partial charge in [0.15, 0.2) is 0 Å². The molecule has 1 amide bonds. The number of aryl methyl sites for hydroxylation is 1. The summed E-state index contributed by atoms with van der Waals surface area (Å²) in [5.41, 5.74) is 0.930. The second-order valence-electron chi connectivity index (χ2n) is 7.92. The lowest BCUT2D eigenvalue weighted by Gasteiger charge is -2.42. The molecule has 2 N–H and O–H groups in total. The second kappa shape index (κ2) is 6.63. The predicted molar refractivity (Wildman–Crippen MR) is 102 cm³/mol. The van der Waals surface area contributed by atoms with Crippen molar-refractivity contribution >= 4 is 16.8 Å². The zero-order valence-electron chi connectivity index (χ0n) is 16.0. The number of aromatic nitrogens is 4. The van der Waals surface area contributed by atoms with Crippen LogP contribution in [0.2, 0.25) is 0 Å². The summed E-state index contributed by atoms with van der Waals surface area (Å²) in [4.78, 5) is 20.9. The molecule has 0 bridgehead atoms. The van der Waals surface area contributed by atoms with Crippen molar-refractivity contribution in [3.63, 3.8) is 0 Å². The highest BCUT2D eigenvalue weighted by Gasteiger charge is 2.39. The van der Waals surface area contributed by atoms with Crippen molar-refractivity contribution in [2.45, 2.75) is 45.3 Å². The van der Waals surface area contributed by atoms with Gasteiger partial charge in [0.05, 0.1) is 22.4 Å². The standard InChI is InChI=1S/C20H22FN5O2/c1-11-16-5-4-14(21)8-17(16)26(25-11)19-22-9-12(10-23-19)18(27)24-15-6-13(7-15)20(2,3)28/h4-5,8-10,13,15,28H,6-7H2,1-3H3,(H,24,27). The lowest BCUT2D eigenvalue weighted by molar-refractivity contribution is -0.0309. The topological polar surface area (TPSA) is 92.9 Å². The number of hydrogen-bond acceptors (Lipinski definition) is 5. The number of benzene rings is 1. The molecule has 1 aromatic carbocycles. The van der Waals surface area contributed by atoms with Crippen molar-refractivity contribution in [2.75, 3.05) is 0 Å². The minimum Gasteiger partial charge on any atom is -0.390 e. The third kappa shape index (κ3) is 3.35. The van der Waals surface area contributed by atoms with E-state index in [9.17, 15) is 14.3 Å². The first-order chi connectivity index (χ1) is 13.2. The summed E-state index contributed by atoms with van der Waals surface area (Å²) in [5.74, 6) is -0.160. The van der Waals surface area contributed by atoms with Crippen LogP contribution in [0.5, 0.6) is 0 Å². The maximum Gasteiger partial charge on any atom is 0.254 e. The first-order valence-electron chi connectivity index (χ1n) is 9.23. The van der Waals surface area contributed by atoms with Gasteiger partial charge in [-0.15, -0.1) is 0 Å². The van der Waals surface area contributed by atoms with Gasteiger partial charge in [-0.2, -0.15) is 9.78 Å². The highest BCUT2D eigenvalue weighted by atomic mass is 19.1. The first kappa shape index (κ1) is 18.5. The van der Waals surface area contributed by atoms with Crippen molar-refractivity contribution < 1.29 is 14.3 Å². The molecule has 1 aliphatic rings. The predicted octanol–water partition coefficient (Wildman–Crippen LogP) is 2.54. The molecular weight excluding hydrogens is 361 g/mol. The molecule has 7 nitrogen and oxygen atoms in total. The smallest absolute Gasteiger partial charge is 0.254 e. The molecule has 0 radical (unpaired) electrons. The highest BCUT2D eigenvalue weighted by molar-refractivity contribution is 5.94. The van der Waals surface area contributed by atoms with E-state index in [0.717, 1.165) is 23.9 Å². The van der Waals surface area contributed by atoms with Gasteiger partial charge in [0.2, 0.25) is 0 Å². The molecule has 0 spiro atoms. The maximum atomic E-state index is 13.6. The van der Waals surface area contributed by atoms with E-state index in [-0.39, 0.29) is 29.6 Å². The van der Waals surface area contributed by atoms with Crippen LogP contribution in [0, 0.1) is 18.7 Å². The van der Waals surface area contributed by atoms with Crippen LogP contribution >= 0.6 is 0 Å². The Hall–Kier alpha value is -2.87. The van der Waals surface area contributed by atoms with Gasteiger partial charge in [0.25, 0.3) is 11.9 Å². The lowest BCUT2D eigenvalue weighted by atomic mass is 9.71. The fourth-order valence-electron chi connectivity index (χ4n) is 3.53. The van der Waals surface area contributed by atoms with Crippen LogP contribution in [0.4, 0.5) is 4.39 Å². The normalized spacial score (nSPS) is 19.5. The van der Waals surface area contributed by atoms with Gasteiger partial charge in [-0.05, 0) is 51.7 Å². The monoisotopic (exact) mass is 383 g/mol. The molecule has 28 heavy (non-hydrogen) atoms. The van der Waals surface area contributed by atoms with Crippen LogP contribution in [0.1, 0.15) is 42.7 Å². The molecule has 1 aliphatic carbocycles. The molecule has 8 heteroatoms. The Morgan fingerprint density at radius 2 is 1.96 bits per heavy atom. The Morgan fingerprint density at radius 1 is 1.29 bits per heavy atom. The fourth-order valence-corrected chi connectivity index (χ4v) is 3.53. The molecule has 3 aromatic rings. The Kier molecular flexibility index (Phi) is 4.38.